The van der Waals surface area contributed by atoms with E-state index in [-0.39, 0.29) is 16.5 Å². The number of anilines is 1. The number of ether oxygens (including phenoxy) is 2. The van der Waals surface area contributed by atoms with Crippen LogP contribution in [0.1, 0.15) is 22.9 Å². The summed E-state index contributed by atoms with van der Waals surface area (Å²) in [5.74, 6) is -2.18. The van der Waals surface area contributed by atoms with Crippen molar-refractivity contribution in [1.82, 2.24) is 4.98 Å². The molecule has 0 atom stereocenters. The highest BCUT2D eigenvalue weighted by molar-refractivity contribution is 7.14. The van der Waals surface area contributed by atoms with E-state index in [1.165, 1.54) is 5.38 Å². The number of oxime groups is 1. The normalized spacial score (nSPS) is 10.9. The van der Waals surface area contributed by atoms with Crippen LogP contribution in [0.5, 0.6) is 0 Å². The van der Waals surface area contributed by atoms with Gasteiger partial charge in [-0.1, -0.05) is 65.8 Å². The Kier molecular flexibility index (Phi) is 8.03. The van der Waals surface area contributed by atoms with E-state index in [9.17, 15) is 14.4 Å². The van der Waals surface area contributed by atoms with E-state index < -0.39 is 23.8 Å². The highest BCUT2D eigenvalue weighted by atomic mass is 32.1. The molecular formula is C23H19N3O6S. The van der Waals surface area contributed by atoms with Gasteiger partial charge in [0.15, 0.2) is 11.2 Å². The molecule has 3 rings (SSSR count). The van der Waals surface area contributed by atoms with Gasteiger partial charge < -0.3 is 19.6 Å². The first-order valence-electron chi connectivity index (χ1n) is 9.52. The monoisotopic (exact) mass is 465 g/mol. The van der Waals surface area contributed by atoms with Crippen LogP contribution in [0.15, 0.2) is 83.5 Å². The summed E-state index contributed by atoms with van der Waals surface area (Å²) in [6.07, 6.45) is -0.262. The zero-order valence-corrected chi connectivity index (χ0v) is 18.3. The number of carbonyl (C=O) groups excluding carboxylic acids is 3. The van der Waals surface area contributed by atoms with Crippen LogP contribution >= 0.6 is 11.3 Å². The molecule has 33 heavy (non-hydrogen) atoms. The lowest BCUT2D eigenvalue weighted by Crippen LogP contribution is -2.19. The molecule has 168 valence electrons. The molecule has 0 aliphatic heterocycles. The minimum absolute atomic E-state index is 0.0869. The SMILES string of the molecule is C=C(ON=C(C(=O)OC)c1csc(NC=O)n1)C(=O)OC(c1ccccc1)c1ccccc1. The molecule has 0 fully saturated rings. The standard InChI is InChI=1S/C23H19N3O6S/c1-15(32-26-19(22(29)30-2)18-13-33-23(25-18)24-14-27)21(28)31-20(16-9-5-3-6-10-16)17-11-7-4-8-12-17/h3-14,20H,1H2,2H3,(H,24,25,27). The largest absolute Gasteiger partial charge is 0.464 e. The number of nitrogens with one attached hydrogen (secondary N) is 1. The molecule has 0 unspecified atom stereocenters. The van der Waals surface area contributed by atoms with Crippen molar-refractivity contribution in [3.63, 3.8) is 0 Å². The summed E-state index contributed by atoms with van der Waals surface area (Å²) in [7, 11) is 1.15. The van der Waals surface area contributed by atoms with E-state index in [0.29, 0.717) is 6.41 Å². The number of nitrogens with zero attached hydrogens (tertiary/aromatic N) is 2. The predicted octanol–water partition coefficient (Wildman–Crippen LogP) is 3.45. The van der Waals surface area contributed by atoms with Gasteiger partial charge in [0.1, 0.15) is 5.69 Å². The van der Waals surface area contributed by atoms with Gasteiger partial charge in [-0.2, -0.15) is 0 Å². The highest BCUT2D eigenvalue weighted by Crippen LogP contribution is 2.27. The maximum absolute atomic E-state index is 12.7. The molecule has 2 aromatic carbocycles. The molecular weight excluding hydrogens is 446 g/mol. The first-order chi connectivity index (χ1) is 16.0. The fourth-order valence-electron chi connectivity index (χ4n) is 2.68. The maximum atomic E-state index is 12.7. The Morgan fingerprint density at radius 2 is 1.67 bits per heavy atom. The molecule has 10 heteroatoms. The minimum atomic E-state index is -0.873. The lowest BCUT2D eigenvalue weighted by atomic mass is 10.0. The van der Waals surface area contributed by atoms with E-state index in [4.69, 9.17) is 9.57 Å². The van der Waals surface area contributed by atoms with Crippen LogP contribution in [-0.4, -0.2) is 36.2 Å². The lowest BCUT2D eigenvalue weighted by molar-refractivity contribution is -0.147. The van der Waals surface area contributed by atoms with Crippen LogP contribution in [0.25, 0.3) is 0 Å². The third-order valence-electron chi connectivity index (χ3n) is 4.21. The summed E-state index contributed by atoms with van der Waals surface area (Å²) in [6, 6.07) is 18.4. The van der Waals surface area contributed by atoms with Crippen LogP contribution in [0.4, 0.5) is 5.13 Å². The van der Waals surface area contributed by atoms with Gasteiger partial charge in [0.2, 0.25) is 17.9 Å². The molecule has 0 aliphatic carbocycles. The molecule has 3 aromatic rings. The molecule has 0 radical (unpaired) electrons. The quantitative estimate of drug-likeness (QED) is 0.122. The number of rotatable bonds is 10. The first kappa shape index (κ1) is 23.4. The molecule has 1 amide bonds. The third-order valence-corrected chi connectivity index (χ3v) is 4.99. The Bertz CT molecular complexity index is 1120. The average Bonchev–Trinajstić information content (AvgIpc) is 3.31. The van der Waals surface area contributed by atoms with Crippen molar-refractivity contribution < 1.29 is 28.7 Å². The Hall–Kier alpha value is -4.31. The Balaban J connectivity index is 1.78. The lowest BCUT2D eigenvalue weighted by Gasteiger charge is -2.19. The highest BCUT2D eigenvalue weighted by Gasteiger charge is 2.24. The zero-order valence-electron chi connectivity index (χ0n) is 17.5. The number of hydrogen-bond acceptors (Lipinski definition) is 9. The second-order valence-electron chi connectivity index (χ2n) is 6.35. The number of thiazole rings is 1. The van der Waals surface area contributed by atoms with Gasteiger partial charge in [-0.3, -0.25) is 4.79 Å². The molecule has 0 saturated carbocycles. The number of methoxy groups -OCH3 is 1. The number of benzene rings is 2. The number of aromatic nitrogens is 1. The molecule has 1 aromatic heterocycles. The molecule has 0 saturated heterocycles. The predicted molar refractivity (Wildman–Crippen MR) is 121 cm³/mol. The number of carbonyl (C=O) groups is 3. The smallest absolute Gasteiger partial charge is 0.377 e. The summed E-state index contributed by atoms with van der Waals surface area (Å²) < 4.78 is 10.3. The van der Waals surface area contributed by atoms with Crippen LogP contribution in [0.3, 0.4) is 0 Å². The van der Waals surface area contributed by atoms with Crippen molar-refractivity contribution in [1.29, 1.82) is 0 Å². The van der Waals surface area contributed by atoms with Crippen molar-refractivity contribution >= 4 is 40.5 Å². The Labute approximate surface area is 193 Å². The fraction of sp³-hybridized carbons (Fsp3) is 0.0870. The van der Waals surface area contributed by atoms with Gasteiger partial charge in [-0.05, 0) is 17.7 Å². The van der Waals surface area contributed by atoms with Gasteiger partial charge in [0, 0.05) is 5.38 Å². The maximum Gasteiger partial charge on any atom is 0.377 e. The van der Waals surface area contributed by atoms with E-state index in [1.807, 2.05) is 60.7 Å². The van der Waals surface area contributed by atoms with Crippen molar-refractivity contribution in [2.24, 2.45) is 5.16 Å². The van der Waals surface area contributed by atoms with Gasteiger partial charge in [0.25, 0.3) is 0 Å². The van der Waals surface area contributed by atoms with Gasteiger partial charge in [0.05, 0.1) is 7.11 Å². The fourth-order valence-corrected chi connectivity index (χ4v) is 3.33. The van der Waals surface area contributed by atoms with Crippen molar-refractivity contribution in [2.45, 2.75) is 6.10 Å². The number of amides is 1. The molecule has 9 nitrogen and oxygen atoms in total. The summed E-state index contributed by atoms with van der Waals surface area (Å²) in [5.41, 5.74) is 1.27. The number of esters is 2. The molecule has 1 N–H and O–H groups in total. The van der Waals surface area contributed by atoms with Crippen molar-refractivity contribution in [3.05, 3.63) is 95.2 Å². The topological polar surface area (TPSA) is 116 Å². The van der Waals surface area contributed by atoms with Crippen LogP contribution in [-0.2, 0) is 28.7 Å². The number of hydrogen-bond donors (Lipinski definition) is 1. The van der Waals surface area contributed by atoms with Crippen molar-refractivity contribution in [2.75, 3.05) is 12.4 Å². The Morgan fingerprint density at radius 3 is 2.21 bits per heavy atom. The zero-order chi connectivity index (χ0) is 23.6. The molecule has 0 spiro atoms. The van der Waals surface area contributed by atoms with E-state index >= 15 is 0 Å². The summed E-state index contributed by atoms with van der Waals surface area (Å²) in [6.45, 7) is 3.55. The third kappa shape index (κ3) is 6.11. The summed E-state index contributed by atoms with van der Waals surface area (Å²) in [4.78, 5) is 44.5. The van der Waals surface area contributed by atoms with E-state index in [1.54, 1.807) is 0 Å². The van der Waals surface area contributed by atoms with Crippen LogP contribution in [0, 0.1) is 0 Å². The van der Waals surface area contributed by atoms with E-state index in [2.05, 4.69) is 26.8 Å². The van der Waals surface area contributed by atoms with Crippen molar-refractivity contribution in [3.8, 4) is 0 Å². The first-order valence-corrected chi connectivity index (χ1v) is 10.4. The van der Waals surface area contributed by atoms with E-state index in [0.717, 1.165) is 29.6 Å². The second kappa shape index (κ2) is 11.3. The molecule has 0 bridgehead atoms. The van der Waals surface area contributed by atoms with Gasteiger partial charge in [-0.15, -0.1) is 11.3 Å². The van der Waals surface area contributed by atoms with Crippen LogP contribution in [0.2, 0.25) is 0 Å². The average molecular weight is 465 g/mol. The Morgan fingerprint density at radius 1 is 1.06 bits per heavy atom. The summed E-state index contributed by atoms with van der Waals surface area (Å²) in [5, 5.41) is 7.75. The second-order valence-corrected chi connectivity index (χ2v) is 7.21. The molecule has 1 heterocycles. The summed E-state index contributed by atoms with van der Waals surface area (Å²) >= 11 is 1.06. The molecule has 0 aliphatic rings. The van der Waals surface area contributed by atoms with Gasteiger partial charge in [-0.25, -0.2) is 14.6 Å². The van der Waals surface area contributed by atoms with Gasteiger partial charge >= 0.3 is 11.9 Å². The minimum Gasteiger partial charge on any atom is -0.464 e. The van der Waals surface area contributed by atoms with Crippen LogP contribution < -0.4 is 5.32 Å².